The first-order valence-electron chi connectivity index (χ1n) is 7.79. The minimum atomic E-state index is -0.576. The normalized spacial score (nSPS) is 15.2. The van der Waals surface area contributed by atoms with Crippen LogP contribution >= 0.6 is 0 Å². The molecular weight excluding hydrogens is 312 g/mol. The SMILES string of the molecule is O=C(Cn1ccc([N+](=O)[O-])n1)N1CCC(Oc2ccccc2)CC1. The molecule has 1 aliphatic heterocycles. The molecular formula is C16H18N4O4. The standard InChI is InChI=1S/C16H18N4O4/c21-16(12-19-11-8-15(17-19)20(22)23)18-9-6-14(7-10-18)24-13-4-2-1-3-5-13/h1-5,8,11,14H,6-7,9-10,12H2. The van der Waals surface area contributed by atoms with Crippen LogP contribution in [0.5, 0.6) is 5.75 Å². The van der Waals surface area contributed by atoms with Crippen molar-refractivity contribution in [3.05, 3.63) is 52.7 Å². The third kappa shape index (κ3) is 3.89. The highest BCUT2D eigenvalue weighted by atomic mass is 16.6. The predicted molar refractivity (Wildman–Crippen MR) is 85.6 cm³/mol. The van der Waals surface area contributed by atoms with Crippen LogP contribution in [0.3, 0.4) is 0 Å². The summed E-state index contributed by atoms with van der Waals surface area (Å²) in [7, 11) is 0. The third-order valence-corrected chi connectivity index (χ3v) is 3.95. The van der Waals surface area contributed by atoms with Gasteiger partial charge in [0.1, 0.15) is 18.4 Å². The van der Waals surface area contributed by atoms with Crippen molar-refractivity contribution >= 4 is 11.7 Å². The Balaban J connectivity index is 1.48. The molecule has 1 aromatic heterocycles. The zero-order valence-corrected chi connectivity index (χ0v) is 13.1. The van der Waals surface area contributed by atoms with E-state index in [9.17, 15) is 14.9 Å². The molecule has 1 fully saturated rings. The maximum atomic E-state index is 12.3. The fourth-order valence-corrected chi connectivity index (χ4v) is 2.69. The molecule has 3 rings (SSSR count). The number of likely N-dealkylation sites (tertiary alicyclic amines) is 1. The Morgan fingerprint density at radius 3 is 2.58 bits per heavy atom. The summed E-state index contributed by atoms with van der Waals surface area (Å²) < 4.78 is 7.20. The molecule has 0 N–H and O–H groups in total. The van der Waals surface area contributed by atoms with Crippen LogP contribution in [-0.2, 0) is 11.3 Å². The number of carbonyl (C=O) groups excluding carboxylic acids is 1. The lowest BCUT2D eigenvalue weighted by molar-refractivity contribution is -0.389. The van der Waals surface area contributed by atoms with E-state index < -0.39 is 4.92 Å². The van der Waals surface area contributed by atoms with Crippen LogP contribution in [0.2, 0.25) is 0 Å². The van der Waals surface area contributed by atoms with Gasteiger partial charge in [0, 0.05) is 25.9 Å². The van der Waals surface area contributed by atoms with Crippen molar-refractivity contribution in [2.45, 2.75) is 25.5 Å². The number of hydrogen-bond donors (Lipinski definition) is 0. The van der Waals surface area contributed by atoms with Crippen molar-refractivity contribution in [1.82, 2.24) is 14.7 Å². The van der Waals surface area contributed by atoms with Gasteiger partial charge in [0.2, 0.25) is 5.91 Å². The van der Waals surface area contributed by atoms with Gasteiger partial charge in [0.15, 0.2) is 0 Å². The number of aromatic nitrogens is 2. The lowest BCUT2D eigenvalue weighted by atomic mass is 10.1. The summed E-state index contributed by atoms with van der Waals surface area (Å²) in [6, 6.07) is 10.9. The first kappa shape index (κ1) is 16.0. The Hall–Kier alpha value is -2.90. The second kappa shape index (κ2) is 7.12. The van der Waals surface area contributed by atoms with Crippen molar-refractivity contribution < 1.29 is 14.5 Å². The third-order valence-electron chi connectivity index (χ3n) is 3.95. The average molecular weight is 330 g/mol. The van der Waals surface area contributed by atoms with E-state index in [1.165, 1.54) is 16.9 Å². The van der Waals surface area contributed by atoms with E-state index in [1.54, 1.807) is 4.90 Å². The predicted octanol–water partition coefficient (Wildman–Crippen LogP) is 1.86. The van der Waals surface area contributed by atoms with E-state index in [0.717, 1.165) is 18.6 Å². The van der Waals surface area contributed by atoms with Crippen molar-refractivity contribution in [2.75, 3.05) is 13.1 Å². The molecule has 0 bridgehead atoms. The number of ether oxygens (including phenoxy) is 1. The minimum absolute atomic E-state index is 0.0120. The molecule has 1 aromatic carbocycles. The number of hydrogen-bond acceptors (Lipinski definition) is 5. The van der Waals surface area contributed by atoms with Gasteiger partial charge in [-0.2, -0.15) is 4.68 Å². The Labute approximate surface area is 138 Å². The fourth-order valence-electron chi connectivity index (χ4n) is 2.69. The number of rotatable bonds is 5. The van der Waals surface area contributed by atoms with E-state index in [-0.39, 0.29) is 24.4 Å². The maximum absolute atomic E-state index is 12.3. The fraction of sp³-hybridized carbons (Fsp3) is 0.375. The summed E-state index contributed by atoms with van der Waals surface area (Å²) in [5.74, 6) is 0.495. The molecule has 0 saturated carbocycles. The van der Waals surface area contributed by atoms with Gasteiger partial charge < -0.3 is 19.8 Å². The number of benzene rings is 1. The Bertz CT molecular complexity index is 708. The smallest absolute Gasteiger partial charge is 0.389 e. The highest BCUT2D eigenvalue weighted by molar-refractivity contribution is 5.76. The van der Waals surface area contributed by atoms with Gasteiger partial charge in [-0.25, -0.2) is 0 Å². The largest absolute Gasteiger partial charge is 0.490 e. The molecule has 0 radical (unpaired) electrons. The van der Waals surface area contributed by atoms with E-state index in [0.29, 0.717) is 13.1 Å². The van der Waals surface area contributed by atoms with Crippen molar-refractivity contribution in [2.24, 2.45) is 0 Å². The van der Waals surface area contributed by atoms with E-state index in [2.05, 4.69) is 5.10 Å². The van der Waals surface area contributed by atoms with Gasteiger partial charge in [0.25, 0.3) is 0 Å². The summed E-state index contributed by atoms with van der Waals surface area (Å²) in [6.45, 7) is 1.23. The quantitative estimate of drug-likeness (QED) is 0.616. The lowest BCUT2D eigenvalue weighted by Gasteiger charge is -2.32. The molecule has 0 spiro atoms. The van der Waals surface area contributed by atoms with E-state index in [1.807, 2.05) is 30.3 Å². The monoisotopic (exact) mass is 330 g/mol. The van der Waals surface area contributed by atoms with Crippen LogP contribution in [-0.4, -0.2) is 44.7 Å². The molecule has 8 nitrogen and oxygen atoms in total. The van der Waals surface area contributed by atoms with Gasteiger partial charge >= 0.3 is 5.82 Å². The number of para-hydroxylation sites is 1. The molecule has 1 saturated heterocycles. The van der Waals surface area contributed by atoms with Crippen LogP contribution in [0.15, 0.2) is 42.6 Å². The average Bonchev–Trinajstić information content (AvgIpc) is 3.05. The summed E-state index contributed by atoms with van der Waals surface area (Å²) in [5.41, 5.74) is 0. The topological polar surface area (TPSA) is 90.5 Å². The van der Waals surface area contributed by atoms with Gasteiger partial charge in [-0.3, -0.25) is 4.79 Å². The van der Waals surface area contributed by atoms with Crippen LogP contribution in [0.4, 0.5) is 5.82 Å². The number of piperidine rings is 1. The van der Waals surface area contributed by atoms with Crippen molar-refractivity contribution in [3.63, 3.8) is 0 Å². The molecule has 1 aliphatic rings. The Morgan fingerprint density at radius 2 is 1.96 bits per heavy atom. The first-order chi connectivity index (χ1) is 11.6. The Morgan fingerprint density at radius 1 is 1.25 bits per heavy atom. The first-order valence-corrected chi connectivity index (χ1v) is 7.79. The van der Waals surface area contributed by atoms with Crippen molar-refractivity contribution in [3.8, 4) is 5.75 Å². The minimum Gasteiger partial charge on any atom is -0.490 e. The van der Waals surface area contributed by atoms with Crippen LogP contribution in [0.25, 0.3) is 0 Å². The molecule has 0 atom stereocenters. The van der Waals surface area contributed by atoms with Gasteiger partial charge in [-0.1, -0.05) is 18.2 Å². The highest BCUT2D eigenvalue weighted by Crippen LogP contribution is 2.19. The summed E-state index contributed by atoms with van der Waals surface area (Å²) in [5, 5.41) is 14.4. The summed E-state index contributed by atoms with van der Waals surface area (Å²) >= 11 is 0. The molecule has 2 aromatic rings. The molecule has 126 valence electrons. The molecule has 8 heteroatoms. The van der Waals surface area contributed by atoms with E-state index >= 15 is 0 Å². The zero-order chi connectivity index (χ0) is 16.9. The number of amides is 1. The number of nitrogens with zero attached hydrogens (tertiary/aromatic N) is 4. The van der Waals surface area contributed by atoms with Crippen LogP contribution < -0.4 is 4.74 Å². The zero-order valence-electron chi connectivity index (χ0n) is 13.1. The summed E-state index contributed by atoms with van der Waals surface area (Å²) in [4.78, 5) is 24.0. The molecule has 2 heterocycles. The highest BCUT2D eigenvalue weighted by Gasteiger charge is 2.25. The van der Waals surface area contributed by atoms with E-state index in [4.69, 9.17) is 4.74 Å². The molecule has 0 aliphatic carbocycles. The van der Waals surface area contributed by atoms with Gasteiger partial charge in [0.05, 0.1) is 17.4 Å². The van der Waals surface area contributed by atoms with Crippen molar-refractivity contribution in [1.29, 1.82) is 0 Å². The molecule has 0 unspecified atom stereocenters. The molecule has 24 heavy (non-hydrogen) atoms. The molecule has 1 amide bonds. The second-order valence-electron chi connectivity index (χ2n) is 5.64. The second-order valence-corrected chi connectivity index (χ2v) is 5.64. The lowest BCUT2D eigenvalue weighted by Crippen LogP contribution is -2.43. The maximum Gasteiger partial charge on any atom is 0.389 e. The van der Waals surface area contributed by atoms with Crippen LogP contribution in [0.1, 0.15) is 12.8 Å². The number of nitro groups is 1. The summed E-state index contributed by atoms with van der Waals surface area (Å²) in [6.07, 6.45) is 3.07. The van der Waals surface area contributed by atoms with Gasteiger partial charge in [-0.15, -0.1) is 0 Å². The van der Waals surface area contributed by atoms with Gasteiger partial charge in [-0.05, 0) is 17.1 Å². The van der Waals surface area contributed by atoms with Crippen LogP contribution in [0, 0.1) is 10.1 Å². The number of carbonyl (C=O) groups is 1. The Kier molecular flexibility index (Phi) is 4.74.